The molecule has 0 bridgehead atoms. The van der Waals surface area contributed by atoms with Gasteiger partial charge in [-0.15, -0.1) is 0 Å². The highest BCUT2D eigenvalue weighted by atomic mass is 79.9. The number of rotatable bonds is 4. The standard InChI is InChI=1S/C28H20BrClN2O3/c1-35-27(34)28(16-31)23-15-10-17-4-2-3-5-22(17)32(23)25(24(28)18-6-11-20(29)12-7-18)26(33)19-8-13-21(30)14-9-19/h2-15,23-25H,1H3/t23-,24+,25-,28-/m1/s1. The summed E-state index contributed by atoms with van der Waals surface area (Å²) in [6.45, 7) is 0. The van der Waals surface area contributed by atoms with Crippen molar-refractivity contribution in [3.63, 3.8) is 0 Å². The second kappa shape index (κ2) is 8.99. The van der Waals surface area contributed by atoms with Crippen LogP contribution in [0.15, 0.2) is 83.3 Å². The summed E-state index contributed by atoms with van der Waals surface area (Å²) in [7, 11) is 1.28. The molecule has 1 fully saturated rings. The average Bonchev–Trinajstić information content (AvgIpc) is 3.20. The topological polar surface area (TPSA) is 70.4 Å². The van der Waals surface area contributed by atoms with Gasteiger partial charge in [-0.3, -0.25) is 9.59 Å². The van der Waals surface area contributed by atoms with Gasteiger partial charge in [-0.2, -0.15) is 5.26 Å². The van der Waals surface area contributed by atoms with E-state index in [0.717, 1.165) is 15.7 Å². The SMILES string of the molecule is COC(=O)[C@@]1(C#N)[C@@H](c2ccc(Br)cc2)[C@H](C(=O)c2ccc(Cl)cc2)N2c3ccccc3C=C[C@@H]21. The first-order chi connectivity index (χ1) is 16.9. The van der Waals surface area contributed by atoms with Crippen LogP contribution in [-0.2, 0) is 9.53 Å². The largest absolute Gasteiger partial charge is 0.468 e. The molecule has 174 valence electrons. The molecule has 3 aromatic rings. The van der Waals surface area contributed by atoms with Gasteiger partial charge in [0.15, 0.2) is 11.2 Å². The van der Waals surface area contributed by atoms with Gasteiger partial charge in [0.05, 0.1) is 19.2 Å². The third-order valence-electron chi connectivity index (χ3n) is 6.88. The van der Waals surface area contributed by atoms with Crippen LogP contribution in [0.2, 0.25) is 5.02 Å². The Kier molecular flexibility index (Phi) is 6.00. The van der Waals surface area contributed by atoms with Crippen molar-refractivity contribution in [3.05, 3.63) is 105 Å². The minimum Gasteiger partial charge on any atom is -0.468 e. The monoisotopic (exact) mass is 546 g/mol. The molecule has 0 unspecified atom stereocenters. The number of halogens is 2. The van der Waals surface area contributed by atoms with Gasteiger partial charge in [0.2, 0.25) is 0 Å². The molecule has 0 N–H and O–H groups in total. The Morgan fingerprint density at radius 3 is 2.40 bits per heavy atom. The highest BCUT2D eigenvalue weighted by Crippen LogP contribution is 2.56. The van der Waals surface area contributed by atoms with Crippen LogP contribution in [0.4, 0.5) is 5.69 Å². The predicted molar refractivity (Wildman–Crippen MR) is 138 cm³/mol. The predicted octanol–water partition coefficient (Wildman–Crippen LogP) is 6.04. The number of hydrogen-bond donors (Lipinski definition) is 0. The van der Waals surface area contributed by atoms with Gasteiger partial charge in [0.25, 0.3) is 0 Å². The van der Waals surface area contributed by atoms with Gasteiger partial charge < -0.3 is 9.64 Å². The second-order valence-corrected chi connectivity index (χ2v) is 9.94. The molecule has 0 spiro atoms. The van der Waals surface area contributed by atoms with Gasteiger partial charge in [-0.05, 0) is 53.6 Å². The molecule has 5 rings (SSSR count). The molecule has 5 nitrogen and oxygen atoms in total. The Balaban J connectivity index is 1.81. The number of benzene rings is 3. The first-order valence-corrected chi connectivity index (χ1v) is 12.2. The molecule has 0 aromatic heterocycles. The van der Waals surface area contributed by atoms with E-state index in [0.29, 0.717) is 16.1 Å². The Hall–Kier alpha value is -3.40. The van der Waals surface area contributed by atoms with Crippen LogP contribution < -0.4 is 4.90 Å². The van der Waals surface area contributed by atoms with Crippen molar-refractivity contribution in [2.75, 3.05) is 12.0 Å². The van der Waals surface area contributed by atoms with E-state index in [1.807, 2.05) is 65.6 Å². The first-order valence-electron chi connectivity index (χ1n) is 11.0. The fraction of sp³-hybridized carbons (Fsp3) is 0.179. The molecule has 2 aliphatic rings. The molecule has 3 aromatic carbocycles. The van der Waals surface area contributed by atoms with Crippen molar-refractivity contribution in [1.29, 1.82) is 5.26 Å². The summed E-state index contributed by atoms with van der Waals surface area (Å²) >= 11 is 9.54. The number of carbonyl (C=O) groups is 2. The zero-order valence-corrected chi connectivity index (χ0v) is 21.0. The number of ether oxygens (including phenoxy) is 1. The summed E-state index contributed by atoms with van der Waals surface area (Å²) in [6.07, 6.45) is 3.74. The van der Waals surface area contributed by atoms with Crippen LogP contribution in [0.25, 0.3) is 6.08 Å². The summed E-state index contributed by atoms with van der Waals surface area (Å²) in [5.74, 6) is -1.67. The van der Waals surface area contributed by atoms with E-state index in [4.69, 9.17) is 16.3 Å². The van der Waals surface area contributed by atoms with Gasteiger partial charge in [-0.25, -0.2) is 0 Å². The number of anilines is 1. The molecular weight excluding hydrogens is 528 g/mol. The van der Waals surface area contributed by atoms with Crippen molar-refractivity contribution in [1.82, 2.24) is 0 Å². The number of fused-ring (bicyclic) bond motifs is 3. The number of Topliss-reactive ketones (excluding diaryl/α,β-unsaturated/α-hetero) is 1. The normalized spacial score (nSPS) is 24.3. The van der Waals surface area contributed by atoms with E-state index in [1.165, 1.54) is 7.11 Å². The van der Waals surface area contributed by atoms with Crippen LogP contribution in [0.1, 0.15) is 27.4 Å². The fourth-order valence-corrected chi connectivity index (χ4v) is 5.75. The number of nitrogens with zero attached hydrogens (tertiary/aromatic N) is 2. The molecule has 2 heterocycles. The lowest BCUT2D eigenvalue weighted by Crippen LogP contribution is -2.46. The summed E-state index contributed by atoms with van der Waals surface area (Å²) in [4.78, 5) is 29.6. The number of methoxy groups -OCH3 is 1. The molecule has 0 radical (unpaired) electrons. The zero-order chi connectivity index (χ0) is 24.7. The van der Waals surface area contributed by atoms with E-state index in [2.05, 4.69) is 22.0 Å². The third kappa shape index (κ3) is 3.58. The Bertz CT molecular complexity index is 1380. The molecule has 2 aliphatic heterocycles. The van der Waals surface area contributed by atoms with E-state index >= 15 is 0 Å². The van der Waals surface area contributed by atoms with E-state index in [1.54, 1.807) is 24.3 Å². The lowest BCUT2D eigenvalue weighted by atomic mass is 9.68. The lowest BCUT2D eigenvalue weighted by molar-refractivity contribution is -0.150. The molecule has 0 saturated carbocycles. The summed E-state index contributed by atoms with van der Waals surface area (Å²) < 4.78 is 6.08. The molecule has 1 saturated heterocycles. The highest BCUT2D eigenvalue weighted by Gasteiger charge is 2.67. The number of carbonyl (C=O) groups excluding carboxylic acids is 2. The fourth-order valence-electron chi connectivity index (χ4n) is 5.36. The number of nitriles is 1. The minimum absolute atomic E-state index is 0.203. The Labute approximate surface area is 216 Å². The van der Waals surface area contributed by atoms with Crippen LogP contribution in [0.3, 0.4) is 0 Å². The van der Waals surface area contributed by atoms with Crippen LogP contribution in [0.5, 0.6) is 0 Å². The zero-order valence-electron chi connectivity index (χ0n) is 18.7. The molecule has 0 aliphatic carbocycles. The molecule has 7 heteroatoms. The molecule has 0 amide bonds. The van der Waals surface area contributed by atoms with Crippen molar-refractivity contribution in [2.45, 2.75) is 18.0 Å². The minimum atomic E-state index is -1.65. The molecule has 35 heavy (non-hydrogen) atoms. The van der Waals surface area contributed by atoms with E-state index < -0.39 is 29.4 Å². The van der Waals surface area contributed by atoms with Gasteiger partial charge in [0, 0.05) is 26.7 Å². The number of esters is 1. The lowest BCUT2D eigenvalue weighted by Gasteiger charge is -2.36. The van der Waals surface area contributed by atoms with Gasteiger partial charge >= 0.3 is 5.97 Å². The maximum atomic E-state index is 14.2. The Morgan fingerprint density at radius 1 is 1.06 bits per heavy atom. The smallest absolute Gasteiger partial charge is 0.329 e. The van der Waals surface area contributed by atoms with E-state index in [9.17, 15) is 14.9 Å². The van der Waals surface area contributed by atoms with Gasteiger partial charge in [0.1, 0.15) is 6.04 Å². The number of para-hydroxylation sites is 1. The van der Waals surface area contributed by atoms with Gasteiger partial charge in [-0.1, -0.05) is 70.0 Å². The van der Waals surface area contributed by atoms with Crippen molar-refractivity contribution in [2.24, 2.45) is 5.41 Å². The summed E-state index contributed by atoms with van der Waals surface area (Å²) in [6, 6.07) is 22.5. The quantitative estimate of drug-likeness (QED) is 0.294. The van der Waals surface area contributed by atoms with Crippen LogP contribution in [-0.4, -0.2) is 30.9 Å². The summed E-state index contributed by atoms with van der Waals surface area (Å²) in [5.41, 5.74) is 1.19. The average molecular weight is 548 g/mol. The Morgan fingerprint density at radius 2 is 1.74 bits per heavy atom. The number of ketones is 1. The van der Waals surface area contributed by atoms with Crippen LogP contribution >= 0.6 is 27.5 Å². The number of hydrogen-bond acceptors (Lipinski definition) is 5. The molecule has 4 atom stereocenters. The van der Waals surface area contributed by atoms with Crippen molar-refractivity contribution < 1.29 is 14.3 Å². The third-order valence-corrected chi connectivity index (χ3v) is 7.66. The van der Waals surface area contributed by atoms with E-state index in [-0.39, 0.29) is 5.78 Å². The summed E-state index contributed by atoms with van der Waals surface area (Å²) in [5, 5.41) is 11.2. The highest BCUT2D eigenvalue weighted by molar-refractivity contribution is 9.10. The van der Waals surface area contributed by atoms with Crippen molar-refractivity contribution in [3.8, 4) is 6.07 Å². The second-order valence-electron chi connectivity index (χ2n) is 8.59. The maximum absolute atomic E-state index is 14.2. The van der Waals surface area contributed by atoms with Crippen molar-refractivity contribution >= 4 is 51.0 Å². The maximum Gasteiger partial charge on any atom is 0.329 e. The first kappa shape index (κ1) is 23.3. The van der Waals surface area contributed by atoms with Crippen LogP contribution in [0, 0.1) is 16.7 Å². The molecular formula is C28H20BrClN2O3.